The van der Waals surface area contributed by atoms with E-state index >= 15 is 0 Å². The van der Waals surface area contributed by atoms with Crippen LogP contribution in [0, 0.1) is 6.92 Å². The van der Waals surface area contributed by atoms with Crippen molar-refractivity contribution in [2.45, 2.75) is 6.92 Å². The maximum atomic E-state index is 4.14. The highest BCUT2D eigenvalue weighted by molar-refractivity contribution is 5.50. The summed E-state index contributed by atoms with van der Waals surface area (Å²) in [4.78, 5) is 12.2. The Bertz CT molecular complexity index is 403. The molecule has 0 radical (unpaired) electrons. The fraction of sp³-hybridized carbons (Fsp3) is 0.250. The lowest BCUT2D eigenvalue weighted by atomic mass is 10.3. The molecule has 0 N–H and O–H groups in total. The van der Waals surface area contributed by atoms with Gasteiger partial charge in [0.05, 0.1) is 5.56 Å². The van der Waals surface area contributed by atoms with E-state index in [4.69, 9.17) is 0 Å². The van der Waals surface area contributed by atoms with Crippen LogP contribution < -0.4 is 0 Å². The van der Waals surface area contributed by atoms with Gasteiger partial charge in [0.2, 0.25) is 0 Å². The molecule has 2 heterocycles. The predicted molar refractivity (Wildman–Crippen MR) is 46.8 cm³/mol. The zero-order chi connectivity index (χ0) is 9.26. The van der Waals surface area contributed by atoms with E-state index in [0.717, 1.165) is 11.4 Å². The second-order valence-electron chi connectivity index (χ2n) is 2.76. The van der Waals surface area contributed by atoms with Crippen molar-refractivity contribution < 1.29 is 0 Å². The molecule has 0 bridgehead atoms. The topological polar surface area (TPSA) is 56.5 Å². The summed E-state index contributed by atoms with van der Waals surface area (Å²) >= 11 is 0. The summed E-state index contributed by atoms with van der Waals surface area (Å²) in [6.45, 7) is 1.84. The van der Waals surface area contributed by atoms with Crippen LogP contribution in [-0.2, 0) is 7.05 Å². The molecule has 0 fully saturated rings. The zero-order valence-electron chi connectivity index (χ0n) is 7.47. The molecule has 0 aromatic carbocycles. The molecule has 0 amide bonds. The van der Waals surface area contributed by atoms with Gasteiger partial charge in [0.15, 0.2) is 5.82 Å². The third-order valence-electron chi connectivity index (χ3n) is 1.64. The van der Waals surface area contributed by atoms with Crippen LogP contribution in [0.2, 0.25) is 0 Å². The maximum absolute atomic E-state index is 4.14. The number of hydrogen-bond acceptors (Lipinski definition) is 4. The lowest BCUT2D eigenvalue weighted by Crippen LogP contribution is -1.91. The van der Waals surface area contributed by atoms with Gasteiger partial charge in [-0.1, -0.05) is 0 Å². The fourth-order valence-corrected chi connectivity index (χ4v) is 0.980. The Morgan fingerprint density at radius 3 is 2.38 bits per heavy atom. The average Bonchev–Trinajstić information content (AvgIpc) is 2.53. The van der Waals surface area contributed by atoms with Gasteiger partial charge >= 0.3 is 0 Å². The summed E-state index contributed by atoms with van der Waals surface area (Å²) < 4.78 is 1.65. The molecule has 2 aromatic rings. The SMILES string of the molecule is Cc1ncc(-c2ncn(C)n2)cn1. The monoisotopic (exact) mass is 175 g/mol. The smallest absolute Gasteiger partial charge is 0.184 e. The predicted octanol–water partition coefficient (Wildman–Crippen LogP) is 0.581. The number of hydrogen-bond donors (Lipinski definition) is 0. The first-order valence-corrected chi connectivity index (χ1v) is 3.90. The van der Waals surface area contributed by atoms with Gasteiger partial charge in [-0.05, 0) is 6.92 Å². The molecule has 0 aliphatic heterocycles. The molecule has 66 valence electrons. The molecule has 2 rings (SSSR count). The van der Waals surface area contributed by atoms with Crippen LogP contribution in [0.3, 0.4) is 0 Å². The first kappa shape index (κ1) is 7.85. The fourth-order valence-electron chi connectivity index (χ4n) is 0.980. The number of aryl methyl sites for hydroxylation is 2. The van der Waals surface area contributed by atoms with Gasteiger partial charge in [0.1, 0.15) is 12.2 Å². The molecule has 5 nitrogen and oxygen atoms in total. The van der Waals surface area contributed by atoms with Crippen molar-refractivity contribution in [3.63, 3.8) is 0 Å². The van der Waals surface area contributed by atoms with Crippen molar-refractivity contribution in [2.75, 3.05) is 0 Å². The summed E-state index contributed by atoms with van der Waals surface area (Å²) in [5, 5.41) is 4.14. The molecule has 0 aliphatic carbocycles. The van der Waals surface area contributed by atoms with E-state index in [1.54, 1.807) is 23.4 Å². The van der Waals surface area contributed by atoms with Crippen molar-refractivity contribution in [3.05, 3.63) is 24.5 Å². The minimum Gasteiger partial charge on any atom is -0.255 e. The van der Waals surface area contributed by atoms with E-state index in [1.807, 2.05) is 14.0 Å². The normalized spacial score (nSPS) is 10.3. The molecule has 2 aromatic heterocycles. The van der Waals surface area contributed by atoms with Crippen LogP contribution in [0.1, 0.15) is 5.82 Å². The largest absolute Gasteiger partial charge is 0.255 e. The Kier molecular flexibility index (Phi) is 1.77. The molecule has 13 heavy (non-hydrogen) atoms. The first-order chi connectivity index (χ1) is 6.25. The van der Waals surface area contributed by atoms with Gasteiger partial charge in [-0.15, -0.1) is 0 Å². The standard InChI is InChI=1S/C8H9N5/c1-6-9-3-7(4-10-6)8-11-5-13(2)12-8/h3-5H,1-2H3. The van der Waals surface area contributed by atoms with E-state index in [1.165, 1.54) is 0 Å². The molecule has 0 saturated heterocycles. The highest BCUT2D eigenvalue weighted by Gasteiger charge is 2.02. The second kappa shape index (κ2) is 2.93. The quantitative estimate of drug-likeness (QED) is 0.636. The molecule has 5 heteroatoms. The lowest BCUT2D eigenvalue weighted by molar-refractivity contribution is 0.768. The first-order valence-electron chi connectivity index (χ1n) is 3.90. The number of aromatic nitrogens is 5. The van der Waals surface area contributed by atoms with Crippen molar-refractivity contribution in [3.8, 4) is 11.4 Å². The van der Waals surface area contributed by atoms with E-state index in [2.05, 4.69) is 20.1 Å². The Hall–Kier alpha value is -1.78. The van der Waals surface area contributed by atoms with Gasteiger partial charge in [0, 0.05) is 19.4 Å². The highest BCUT2D eigenvalue weighted by atomic mass is 15.3. The summed E-state index contributed by atoms with van der Waals surface area (Å²) in [7, 11) is 1.82. The van der Waals surface area contributed by atoms with Gasteiger partial charge in [-0.3, -0.25) is 4.68 Å². The molecule has 0 spiro atoms. The minimum atomic E-state index is 0.655. The van der Waals surface area contributed by atoms with Crippen LogP contribution in [0.4, 0.5) is 0 Å². The van der Waals surface area contributed by atoms with Crippen LogP contribution in [-0.4, -0.2) is 24.7 Å². The third kappa shape index (κ3) is 1.53. The van der Waals surface area contributed by atoms with Gasteiger partial charge in [-0.25, -0.2) is 15.0 Å². The molecule has 0 atom stereocenters. The van der Waals surface area contributed by atoms with E-state index in [0.29, 0.717) is 5.82 Å². The van der Waals surface area contributed by atoms with Crippen LogP contribution >= 0.6 is 0 Å². The highest BCUT2D eigenvalue weighted by Crippen LogP contribution is 2.10. The Labute approximate surface area is 75.5 Å². The summed E-state index contributed by atoms with van der Waals surface area (Å²) in [6.07, 6.45) is 5.09. The van der Waals surface area contributed by atoms with Crippen molar-refractivity contribution in [1.29, 1.82) is 0 Å². The van der Waals surface area contributed by atoms with E-state index < -0.39 is 0 Å². The molecular formula is C8H9N5. The van der Waals surface area contributed by atoms with Gasteiger partial charge in [-0.2, -0.15) is 5.10 Å². The maximum Gasteiger partial charge on any atom is 0.184 e. The second-order valence-corrected chi connectivity index (χ2v) is 2.76. The van der Waals surface area contributed by atoms with Gasteiger partial charge in [0.25, 0.3) is 0 Å². The van der Waals surface area contributed by atoms with Crippen LogP contribution in [0.5, 0.6) is 0 Å². The summed E-state index contributed by atoms with van der Waals surface area (Å²) in [6, 6.07) is 0. The third-order valence-corrected chi connectivity index (χ3v) is 1.64. The Balaban J connectivity index is 2.41. The summed E-state index contributed by atoms with van der Waals surface area (Å²) in [5.41, 5.74) is 0.839. The number of rotatable bonds is 1. The van der Waals surface area contributed by atoms with Crippen molar-refractivity contribution in [2.24, 2.45) is 7.05 Å². The molecule has 0 unspecified atom stereocenters. The van der Waals surface area contributed by atoms with E-state index in [9.17, 15) is 0 Å². The number of nitrogens with zero attached hydrogens (tertiary/aromatic N) is 5. The Morgan fingerprint density at radius 2 is 1.85 bits per heavy atom. The van der Waals surface area contributed by atoms with Crippen molar-refractivity contribution in [1.82, 2.24) is 24.7 Å². The Morgan fingerprint density at radius 1 is 1.15 bits per heavy atom. The molecule has 0 aliphatic rings. The zero-order valence-corrected chi connectivity index (χ0v) is 7.47. The van der Waals surface area contributed by atoms with E-state index in [-0.39, 0.29) is 0 Å². The van der Waals surface area contributed by atoms with Crippen LogP contribution in [0.25, 0.3) is 11.4 Å². The molecular weight excluding hydrogens is 166 g/mol. The van der Waals surface area contributed by atoms with Crippen molar-refractivity contribution >= 4 is 0 Å². The minimum absolute atomic E-state index is 0.655. The lowest BCUT2D eigenvalue weighted by Gasteiger charge is -1.93. The van der Waals surface area contributed by atoms with Crippen LogP contribution in [0.15, 0.2) is 18.7 Å². The summed E-state index contributed by atoms with van der Waals surface area (Å²) in [5.74, 6) is 1.40. The van der Waals surface area contributed by atoms with Gasteiger partial charge < -0.3 is 0 Å². The average molecular weight is 175 g/mol. The molecule has 0 saturated carbocycles.